The third kappa shape index (κ3) is 1.50. The molecule has 1 aromatic heterocycles. The number of aromatic nitrogens is 1. The van der Waals surface area contributed by atoms with Gasteiger partial charge < -0.3 is 5.73 Å². The van der Waals surface area contributed by atoms with E-state index in [1.54, 1.807) is 11.3 Å². The average Bonchev–Trinajstić information content (AvgIpc) is 2.37. The standard InChI is InChI=1S/C6H10N2S/c1-5(4-7)6-8-2-3-9-6/h2-3,5H,4,7H2,1H3/t5-/m1/s1. The minimum atomic E-state index is 0.421. The number of thiazole rings is 1. The second kappa shape index (κ2) is 2.94. The molecule has 1 heterocycles. The van der Waals surface area contributed by atoms with Gasteiger partial charge in [-0.25, -0.2) is 4.98 Å². The molecule has 0 bridgehead atoms. The molecule has 0 aliphatic rings. The fourth-order valence-electron chi connectivity index (χ4n) is 0.579. The highest BCUT2D eigenvalue weighted by molar-refractivity contribution is 7.09. The van der Waals surface area contributed by atoms with Crippen LogP contribution in [-0.2, 0) is 0 Å². The van der Waals surface area contributed by atoms with Gasteiger partial charge in [-0.2, -0.15) is 0 Å². The zero-order chi connectivity index (χ0) is 6.69. The third-order valence-electron chi connectivity index (χ3n) is 1.23. The molecule has 0 aromatic carbocycles. The summed E-state index contributed by atoms with van der Waals surface area (Å²) in [6, 6.07) is 0. The predicted molar refractivity (Wildman–Crippen MR) is 39.6 cm³/mol. The lowest BCUT2D eigenvalue weighted by Gasteiger charge is -2.00. The Morgan fingerprint density at radius 1 is 1.89 bits per heavy atom. The third-order valence-corrected chi connectivity index (χ3v) is 2.23. The van der Waals surface area contributed by atoms with Crippen LogP contribution in [0.15, 0.2) is 11.6 Å². The summed E-state index contributed by atoms with van der Waals surface area (Å²) in [7, 11) is 0. The van der Waals surface area contributed by atoms with Crippen LogP contribution in [0.4, 0.5) is 0 Å². The fraction of sp³-hybridized carbons (Fsp3) is 0.500. The molecule has 0 saturated carbocycles. The van der Waals surface area contributed by atoms with Crippen molar-refractivity contribution in [1.82, 2.24) is 4.98 Å². The Morgan fingerprint density at radius 3 is 3.11 bits per heavy atom. The maximum absolute atomic E-state index is 5.43. The first-order chi connectivity index (χ1) is 4.34. The maximum Gasteiger partial charge on any atom is 0.0965 e. The molecule has 0 fully saturated rings. The number of rotatable bonds is 2. The summed E-state index contributed by atoms with van der Waals surface area (Å²) in [6.07, 6.45) is 1.81. The van der Waals surface area contributed by atoms with E-state index in [1.165, 1.54) is 0 Å². The Balaban J connectivity index is 2.65. The molecule has 1 rings (SSSR count). The minimum absolute atomic E-state index is 0.421. The van der Waals surface area contributed by atoms with Crippen LogP contribution in [0.1, 0.15) is 17.8 Å². The Hall–Kier alpha value is -0.410. The van der Waals surface area contributed by atoms with Crippen molar-refractivity contribution >= 4 is 11.3 Å². The van der Waals surface area contributed by atoms with Crippen molar-refractivity contribution in [2.24, 2.45) is 5.73 Å². The molecule has 1 aromatic rings. The van der Waals surface area contributed by atoms with Crippen molar-refractivity contribution in [2.75, 3.05) is 6.54 Å². The maximum atomic E-state index is 5.43. The lowest BCUT2D eigenvalue weighted by Crippen LogP contribution is -2.08. The van der Waals surface area contributed by atoms with Crippen LogP contribution in [0, 0.1) is 0 Å². The van der Waals surface area contributed by atoms with Gasteiger partial charge in [0.25, 0.3) is 0 Å². The van der Waals surface area contributed by atoms with Gasteiger partial charge in [0.2, 0.25) is 0 Å². The molecular formula is C6H10N2S. The quantitative estimate of drug-likeness (QED) is 0.674. The number of hydrogen-bond acceptors (Lipinski definition) is 3. The van der Waals surface area contributed by atoms with Crippen LogP contribution < -0.4 is 5.73 Å². The summed E-state index contributed by atoms with van der Waals surface area (Å²) in [5.74, 6) is 0.421. The number of nitrogens with two attached hydrogens (primary N) is 1. The molecule has 2 nitrogen and oxygen atoms in total. The van der Waals surface area contributed by atoms with Gasteiger partial charge in [0.15, 0.2) is 0 Å². The number of hydrogen-bond donors (Lipinski definition) is 1. The molecule has 0 aliphatic carbocycles. The molecule has 2 N–H and O–H groups in total. The summed E-state index contributed by atoms with van der Waals surface area (Å²) in [6.45, 7) is 2.77. The molecule has 0 saturated heterocycles. The van der Waals surface area contributed by atoms with Crippen molar-refractivity contribution in [3.05, 3.63) is 16.6 Å². The zero-order valence-electron chi connectivity index (χ0n) is 5.37. The van der Waals surface area contributed by atoms with Gasteiger partial charge in [0.1, 0.15) is 0 Å². The first-order valence-corrected chi connectivity index (χ1v) is 3.82. The van der Waals surface area contributed by atoms with Crippen LogP contribution in [0.3, 0.4) is 0 Å². The van der Waals surface area contributed by atoms with Gasteiger partial charge in [-0.05, 0) is 0 Å². The predicted octanol–water partition coefficient (Wildman–Crippen LogP) is 1.21. The SMILES string of the molecule is C[C@H](CN)c1nccs1. The van der Waals surface area contributed by atoms with Crippen LogP contribution in [0.25, 0.3) is 0 Å². The largest absolute Gasteiger partial charge is 0.330 e. The molecule has 1 atom stereocenters. The smallest absolute Gasteiger partial charge is 0.0965 e. The van der Waals surface area contributed by atoms with Crippen molar-refractivity contribution in [3.8, 4) is 0 Å². The van der Waals surface area contributed by atoms with Crippen LogP contribution in [-0.4, -0.2) is 11.5 Å². The zero-order valence-corrected chi connectivity index (χ0v) is 6.19. The first kappa shape index (κ1) is 6.71. The van der Waals surface area contributed by atoms with E-state index in [2.05, 4.69) is 11.9 Å². The van der Waals surface area contributed by atoms with Gasteiger partial charge in [-0.3, -0.25) is 0 Å². The molecule has 0 aliphatic heterocycles. The second-order valence-electron chi connectivity index (χ2n) is 2.01. The highest BCUT2D eigenvalue weighted by atomic mass is 32.1. The summed E-state index contributed by atoms with van der Waals surface area (Å²) in [5, 5.41) is 3.11. The van der Waals surface area contributed by atoms with E-state index >= 15 is 0 Å². The molecule has 0 unspecified atom stereocenters. The Bertz CT molecular complexity index is 160. The lowest BCUT2D eigenvalue weighted by molar-refractivity contribution is 0.766. The fourth-order valence-corrected chi connectivity index (χ4v) is 1.29. The van der Waals surface area contributed by atoms with Crippen LogP contribution >= 0.6 is 11.3 Å². The monoisotopic (exact) mass is 142 g/mol. The topological polar surface area (TPSA) is 38.9 Å². The first-order valence-electron chi connectivity index (χ1n) is 2.94. The summed E-state index contributed by atoms with van der Waals surface area (Å²) >= 11 is 1.66. The molecule has 50 valence electrons. The molecular weight excluding hydrogens is 132 g/mol. The van der Waals surface area contributed by atoms with Crippen molar-refractivity contribution in [1.29, 1.82) is 0 Å². The van der Waals surface area contributed by atoms with Crippen LogP contribution in [0.5, 0.6) is 0 Å². The van der Waals surface area contributed by atoms with Crippen molar-refractivity contribution in [2.45, 2.75) is 12.8 Å². The summed E-state index contributed by atoms with van der Waals surface area (Å²) in [5.41, 5.74) is 5.43. The van der Waals surface area contributed by atoms with E-state index in [9.17, 15) is 0 Å². The van der Waals surface area contributed by atoms with Crippen molar-refractivity contribution < 1.29 is 0 Å². The average molecular weight is 142 g/mol. The number of nitrogens with zero attached hydrogens (tertiary/aromatic N) is 1. The lowest BCUT2D eigenvalue weighted by atomic mass is 10.2. The van der Waals surface area contributed by atoms with Gasteiger partial charge in [0, 0.05) is 24.0 Å². The Labute approximate surface area is 58.7 Å². The second-order valence-corrected chi connectivity index (χ2v) is 2.93. The van der Waals surface area contributed by atoms with E-state index in [-0.39, 0.29) is 0 Å². The Kier molecular flexibility index (Phi) is 2.19. The van der Waals surface area contributed by atoms with Gasteiger partial charge in [-0.15, -0.1) is 11.3 Å². The van der Waals surface area contributed by atoms with E-state index in [1.807, 2.05) is 11.6 Å². The van der Waals surface area contributed by atoms with E-state index in [0.717, 1.165) is 5.01 Å². The highest BCUT2D eigenvalue weighted by Crippen LogP contribution is 2.15. The molecule has 0 amide bonds. The molecule has 0 radical (unpaired) electrons. The highest BCUT2D eigenvalue weighted by Gasteiger charge is 2.03. The summed E-state index contributed by atoms with van der Waals surface area (Å²) in [4.78, 5) is 4.13. The van der Waals surface area contributed by atoms with Crippen LogP contribution in [0.2, 0.25) is 0 Å². The van der Waals surface area contributed by atoms with Gasteiger partial charge in [0.05, 0.1) is 5.01 Å². The minimum Gasteiger partial charge on any atom is -0.330 e. The summed E-state index contributed by atoms with van der Waals surface area (Å²) < 4.78 is 0. The molecule has 9 heavy (non-hydrogen) atoms. The van der Waals surface area contributed by atoms with Gasteiger partial charge in [-0.1, -0.05) is 6.92 Å². The molecule has 3 heteroatoms. The Morgan fingerprint density at radius 2 is 2.67 bits per heavy atom. The van der Waals surface area contributed by atoms with Gasteiger partial charge >= 0.3 is 0 Å². The van der Waals surface area contributed by atoms with E-state index < -0.39 is 0 Å². The molecule has 0 spiro atoms. The van der Waals surface area contributed by atoms with E-state index in [0.29, 0.717) is 12.5 Å². The normalized spacial score (nSPS) is 13.6. The van der Waals surface area contributed by atoms with Crippen molar-refractivity contribution in [3.63, 3.8) is 0 Å². The van der Waals surface area contributed by atoms with E-state index in [4.69, 9.17) is 5.73 Å².